The number of benzene rings is 1. The lowest BCUT2D eigenvalue weighted by molar-refractivity contribution is -0.140. The Morgan fingerprint density at radius 3 is 2.90 bits per heavy atom. The lowest BCUT2D eigenvalue weighted by Crippen LogP contribution is -2.37. The predicted molar refractivity (Wildman–Crippen MR) is 105 cm³/mol. The Balaban J connectivity index is 1.12. The number of carbonyl (C=O) groups excluding carboxylic acids is 1. The summed E-state index contributed by atoms with van der Waals surface area (Å²) >= 11 is 0.980. The number of hydrogen-bond acceptors (Lipinski definition) is 6. The van der Waals surface area contributed by atoms with Gasteiger partial charge in [-0.1, -0.05) is 12.1 Å². The average molecular weight is 436 g/mol. The molecule has 1 saturated carbocycles. The summed E-state index contributed by atoms with van der Waals surface area (Å²) in [4.78, 5) is 22.4. The van der Waals surface area contributed by atoms with Crippen LogP contribution in [0, 0.1) is 5.92 Å². The highest BCUT2D eigenvalue weighted by molar-refractivity contribution is 7.13. The highest BCUT2D eigenvalue weighted by atomic mass is 32.1. The molecule has 2 aromatic heterocycles. The van der Waals surface area contributed by atoms with Gasteiger partial charge in [0.2, 0.25) is 5.91 Å². The van der Waals surface area contributed by atoms with E-state index in [1.807, 2.05) is 24.3 Å². The summed E-state index contributed by atoms with van der Waals surface area (Å²) in [7, 11) is 0. The Labute approximate surface area is 174 Å². The van der Waals surface area contributed by atoms with E-state index in [1.54, 1.807) is 4.90 Å². The van der Waals surface area contributed by atoms with Gasteiger partial charge in [-0.3, -0.25) is 4.79 Å². The molecule has 3 atom stereocenters. The lowest BCUT2D eigenvalue weighted by atomic mass is 10.2. The minimum Gasteiger partial charge on any atom is -0.440 e. The molecule has 10 heteroatoms. The summed E-state index contributed by atoms with van der Waals surface area (Å²) in [5.74, 6) is 1.02. The van der Waals surface area contributed by atoms with Crippen LogP contribution in [0.15, 0.2) is 34.1 Å². The SMILES string of the molecule is O=C(C[C@@H]1C[C@@H]1c1nc2ccccc2o1)N[C@@H]1CCN(c2nc(C(F)(F)F)cs2)C1. The van der Waals surface area contributed by atoms with Gasteiger partial charge in [0.25, 0.3) is 0 Å². The van der Waals surface area contributed by atoms with Gasteiger partial charge < -0.3 is 14.6 Å². The van der Waals surface area contributed by atoms with E-state index >= 15 is 0 Å². The van der Waals surface area contributed by atoms with E-state index < -0.39 is 11.9 Å². The number of fused-ring (bicyclic) bond motifs is 1. The summed E-state index contributed by atoms with van der Waals surface area (Å²) in [6, 6.07) is 7.50. The molecule has 0 unspecified atom stereocenters. The largest absolute Gasteiger partial charge is 0.440 e. The van der Waals surface area contributed by atoms with Gasteiger partial charge in [-0.25, -0.2) is 9.97 Å². The maximum absolute atomic E-state index is 12.7. The second kappa shape index (κ2) is 7.26. The number of para-hydroxylation sites is 2. The molecule has 158 valence electrons. The Bertz CT molecular complexity index is 1050. The number of amides is 1. The van der Waals surface area contributed by atoms with Crippen molar-refractivity contribution in [3.8, 4) is 0 Å². The van der Waals surface area contributed by atoms with Crippen molar-refractivity contribution in [2.24, 2.45) is 5.92 Å². The van der Waals surface area contributed by atoms with Gasteiger partial charge in [0.1, 0.15) is 5.52 Å². The Kier molecular flexibility index (Phi) is 4.68. The molecule has 1 aromatic carbocycles. The molecule has 1 saturated heterocycles. The van der Waals surface area contributed by atoms with Gasteiger partial charge in [0.05, 0.1) is 0 Å². The van der Waals surface area contributed by atoms with Crippen molar-refractivity contribution >= 4 is 33.5 Å². The zero-order valence-electron chi connectivity index (χ0n) is 15.9. The fourth-order valence-electron chi connectivity index (χ4n) is 3.94. The molecule has 1 amide bonds. The number of anilines is 1. The first-order valence-corrected chi connectivity index (χ1v) is 10.7. The molecule has 1 aliphatic heterocycles. The number of alkyl halides is 3. The first-order chi connectivity index (χ1) is 14.4. The van der Waals surface area contributed by atoms with Crippen LogP contribution in [-0.2, 0) is 11.0 Å². The number of oxazole rings is 1. The quantitative estimate of drug-likeness (QED) is 0.649. The van der Waals surface area contributed by atoms with Gasteiger partial charge in [0, 0.05) is 36.9 Å². The number of nitrogens with zero attached hydrogens (tertiary/aromatic N) is 3. The fourth-order valence-corrected chi connectivity index (χ4v) is 4.81. The smallest absolute Gasteiger partial charge is 0.434 e. The number of halogens is 3. The molecule has 6 nitrogen and oxygen atoms in total. The van der Waals surface area contributed by atoms with Gasteiger partial charge in [-0.2, -0.15) is 13.2 Å². The van der Waals surface area contributed by atoms with Crippen LogP contribution in [-0.4, -0.2) is 35.0 Å². The van der Waals surface area contributed by atoms with Crippen LogP contribution in [0.4, 0.5) is 18.3 Å². The summed E-state index contributed by atoms with van der Waals surface area (Å²) < 4.78 is 44.0. The average Bonchev–Trinajstić information content (AvgIpc) is 3.13. The highest BCUT2D eigenvalue weighted by Crippen LogP contribution is 2.49. The van der Waals surface area contributed by atoms with Crippen LogP contribution in [0.25, 0.3) is 11.1 Å². The highest BCUT2D eigenvalue weighted by Gasteiger charge is 2.43. The van der Waals surface area contributed by atoms with Crippen molar-refractivity contribution in [3.05, 3.63) is 41.2 Å². The van der Waals surface area contributed by atoms with Gasteiger partial charge >= 0.3 is 6.18 Å². The second-order valence-electron chi connectivity index (χ2n) is 7.84. The molecule has 5 rings (SSSR count). The maximum Gasteiger partial charge on any atom is 0.434 e. The number of hydrogen-bond donors (Lipinski definition) is 1. The van der Waals surface area contributed by atoms with Crippen molar-refractivity contribution in [1.29, 1.82) is 0 Å². The van der Waals surface area contributed by atoms with Gasteiger partial charge in [-0.15, -0.1) is 11.3 Å². The number of aromatic nitrogens is 2. The number of thiazole rings is 1. The molecule has 1 aliphatic carbocycles. The van der Waals surface area contributed by atoms with Crippen molar-refractivity contribution < 1.29 is 22.4 Å². The zero-order chi connectivity index (χ0) is 20.9. The Hall–Kier alpha value is -2.62. The molecular formula is C20H19F3N4O2S. The lowest BCUT2D eigenvalue weighted by Gasteiger charge is -2.16. The Morgan fingerprint density at radius 1 is 1.30 bits per heavy atom. The predicted octanol–water partition coefficient (Wildman–Crippen LogP) is 4.19. The van der Waals surface area contributed by atoms with Crippen molar-refractivity contribution in [3.63, 3.8) is 0 Å². The third-order valence-electron chi connectivity index (χ3n) is 5.60. The topological polar surface area (TPSA) is 71.3 Å². The van der Waals surface area contributed by atoms with Crippen LogP contribution in [0.3, 0.4) is 0 Å². The molecule has 3 heterocycles. The van der Waals surface area contributed by atoms with Crippen LogP contribution in [0.1, 0.15) is 36.8 Å². The van der Waals surface area contributed by atoms with E-state index in [-0.39, 0.29) is 23.8 Å². The van der Waals surface area contributed by atoms with E-state index in [1.165, 1.54) is 0 Å². The first kappa shape index (κ1) is 19.3. The van der Waals surface area contributed by atoms with Crippen LogP contribution in [0.2, 0.25) is 0 Å². The normalized spacial score (nSPS) is 23.8. The molecule has 1 N–H and O–H groups in total. The first-order valence-electron chi connectivity index (χ1n) is 9.79. The number of rotatable bonds is 5. The monoisotopic (exact) mass is 436 g/mol. The maximum atomic E-state index is 12.7. The van der Waals surface area contributed by atoms with E-state index in [0.29, 0.717) is 37.0 Å². The third kappa shape index (κ3) is 3.88. The van der Waals surface area contributed by atoms with Crippen LogP contribution in [0.5, 0.6) is 0 Å². The summed E-state index contributed by atoms with van der Waals surface area (Å²) in [6.07, 6.45) is -2.48. The summed E-state index contributed by atoms with van der Waals surface area (Å²) in [6.45, 7) is 1.04. The fraction of sp³-hybridized carbons (Fsp3) is 0.450. The zero-order valence-corrected chi connectivity index (χ0v) is 16.7. The molecule has 2 aliphatic rings. The minimum absolute atomic E-state index is 0.0411. The van der Waals surface area contributed by atoms with E-state index in [0.717, 1.165) is 34.2 Å². The summed E-state index contributed by atoms with van der Waals surface area (Å²) in [5, 5.41) is 4.38. The molecule has 0 bridgehead atoms. The number of carbonyl (C=O) groups is 1. The van der Waals surface area contributed by atoms with E-state index in [2.05, 4.69) is 15.3 Å². The molecule has 0 radical (unpaired) electrons. The van der Waals surface area contributed by atoms with Crippen LogP contribution < -0.4 is 10.2 Å². The van der Waals surface area contributed by atoms with Crippen molar-refractivity contribution in [2.75, 3.05) is 18.0 Å². The molecule has 0 spiro atoms. The third-order valence-corrected chi connectivity index (χ3v) is 6.51. The standard InChI is InChI=1S/C20H19F3N4O2S/c21-20(22,23)16-10-30-19(26-16)27-6-5-12(9-27)24-17(28)8-11-7-13(11)18-25-14-3-1-2-4-15(14)29-18/h1-4,10-13H,5-9H2,(H,24,28)/t11-,12+,13-/m0/s1. The van der Waals surface area contributed by atoms with Crippen LogP contribution >= 0.6 is 11.3 Å². The minimum atomic E-state index is -4.43. The molecule has 30 heavy (non-hydrogen) atoms. The molecule has 3 aromatic rings. The number of nitrogens with one attached hydrogen (secondary N) is 1. The second-order valence-corrected chi connectivity index (χ2v) is 8.67. The van der Waals surface area contributed by atoms with E-state index in [4.69, 9.17) is 4.42 Å². The van der Waals surface area contributed by atoms with E-state index in [9.17, 15) is 18.0 Å². The summed E-state index contributed by atoms with van der Waals surface area (Å²) in [5.41, 5.74) is 0.711. The Morgan fingerprint density at radius 2 is 2.13 bits per heavy atom. The van der Waals surface area contributed by atoms with Crippen molar-refractivity contribution in [2.45, 2.75) is 37.4 Å². The molecular weight excluding hydrogens is 417 g/mol. The molecule has 2 fully saturated rings. The van der Waals surface area contributed by atoms with Gasteiger partial charge in [-0.05, 0) is 30.9 Å². The van der Waals surface area contributed by atoms with Crippen molar-refractivity contribution in [1.82, 2.24) is 15.3 Å². The van der Waals surface area contributed by atoms with Gasteiger partial charge in [0.15, 0.2) is 22.3 Å².